The molecular formula is C98H116Cl5FN22O2. The molecule has 12 aliphatic rings. The number of amidine groups is 8. The molecule has 0 radical (unpaired) electrons. The van der Waals surface area contributed by atoms with E-state index >= 15 is 0 Å². The zero-order valence-corrected chi connectivity index (χ0v) is 76.8. The van der Waals surface area contributed by atoms with Crippen LogP contribution in [0, 0.1) is 5.82 Å². The van der Waals surface area contributed by atoms with Crippen molar-refractivity contribution in [2.75, 3.05) is 103 Å². The maximum absolute atomic E-state index is 14.0. The van der Waals surface area contributed by atoms with Crippen LogP contribution in [0.15, 0.2) is 223 Å². The monoisotopic (exact) mass is 1830 g/mol. The number of para-hydroxylation sites is 2. The van der Waals surface area contributed by atoms with Gasteiger partial charge in [0.05, 0.1) is 25.7 Å². The summed E-state index contributed by atoms with van der Waals surface area (Å²) in [6, 6.07) is 64.5. The summed E-state index contributed by atoms with van der Waals surface area (Å²) in [5, 5.41) is 37.0. The molecule has 4 saturated heterocycles. The van der Waals surface area contributed by atoms with E-state index in [9.17, 15) is 4.39 Å². The molecule has 20 rings (SSSR count). The van der Waals surface area contributed by atoms with E-state index in [-0.39, 0.29) is 11.9 Å². The molecule has 8 aromatic rings. The highest BCUT2D eigenvalue weighted by Crippen LogP contribution is 2.39. The van der Waals surface area contributed by atoms with E-state index in [2.05, 4.69) is 213 Å². The molecule has 12 heterocycles. The second kappa shape index (κ2) is 41.8. The van der Waals surface area contributed by atoms with Gasteiger partial charge in [0.1, 0.15) is 77.2 Å². The van der Waals surface area contributed by atoms with E-state index < -0.39 is 0 Å². The minimum atomic E-state index is -0.227. The molecule has 0 bridgehead atoms. The second-order valence-corrected chi connectivity index (χ2v) is 38.0. The fourth-order valence-electron chi connectivity index (χ4n) is 20.5. The molecule has 4 fully saturated rings. The minimum Gasteiger partial charge on any atom is -0.492 e. The first-order valence-electron chi connectivity index (χ1n) is 45.2. The maximum atomic E-state index is 14.0. The molecule has 4 atom stereocenters. The summed E-state index contributed by atoms with van der Waals surface area (Å²) in [5.41, 5.74) is 36.0. The van der Waals surface area contributed by atoms with E-state index in [1.807, 2.05) is 54.6 Å². The number of anilines is 2. The van der Waals surface area contributed by atoms with Gasteiger partial charge in [0.2, 0.25) is 0 Å². The summed E-state index contributed by atoms with van der Waals surface area (Å²) in [6.07, 6.45) is 15.1. The molecule has 24 nitrogen and oxygen atoms in total. The molecule has 0 aliphatic carbocycles. The Hall–Kier alpha value is -10.1. The molecule has 0 amide bonds. The van der Waals surface area contributed by atoms with Crippen LogP contribution in [0.2, 0.25) is 25.1 Å². The summed E-state index contributed by atoms with van der Waals surface area (Å²) in [7, 11) is 4.42. The molecule has 0 saturated carbocycles. The lowest BCUT2D eigenvalue weighted by atomic mass is 9.97. The average Bonchev–Trinajstić information content (AvgIpc) is 1.63. The standard InChI is InChI=1S/C25H30Cl2N6.C25H31ClN6.C24H27ClFN5O.C24H28ClN5O/c1-31-16-22(12-17-2-4-19(26)5-3-17)33(15-18-13-20(27)6-7-23(18)31)21-8-10-32(11-9-21)25-14-24(28)29-30-25;1-30-17-22(14-18-6-8-20(26)9-7-18)32(16-19-4-2-3-5-23(19)30)21-10-12-31(13-11-21)25-15-24(27)28-29-25;25-18-3-1-16(2-4-18)11-21-15-32-22-6-5-19(26)12-17(22)14-31(21)20-7-9-30(10-8-20)24-13-23(27)28-29-24;25-19-7-5-17(6-8-19)13-21-16-31-22-4-2-1-3-18(22)15-30(21)20-9-11-29(12-10-20)24-14-23(26)27-28-24/h2-7,13,21-22H,8-12,14-16H2,1H3,(H2,28,29);2-9,21-22H,10-17H2,1H3,(H2,27,28);1-6,12,20-21H,7-11,13-15H2,(H2,27,28);1-8,20-21H,9-16H2,(H2,26,27)/t2*22-;2*21-/m0000/s1. The number of nitrogens with two attached hydrogens (primary N) is 4. The summed E-state index contributed by atoms with van der Waals surface area (Å²) >= 11 is 30.9. The Labute approximate surface area is 776 Å². The quantitative estimate of drug-likeness (QED) is 0.0887. The fraction of sp³-hybridized carbons (Fsp3) is 0.429. The molecule has 0 aromatic heterocycles. The van der Waals surface area contributed by atoms with Crippen LogP contribution in [-0.4, -0.2) is 227 Å². The predicted octanol–water partition coefficient (Wildman–Crippen LogP) is 15.6. The lowest BCUT2D eigenvalue weighted by Crippen LogP contribution is -2.52. The lowest BCUT2D eigenvalue weighted by Gasteiger charge is -2.42. The van der Waals surface area contributed by atoms with Gasteiger partial charge in [-0.1, -0.05) is 143 Å². The van der Waals surface area contributed by atoms with Crippen LogP contribution >= 0.6 is 58.0 Å². The van der Waals surface area contributed by atoms with Crippen LogP contribution in [0.5, 0.6) is 11.5 Å². The first-order valence-corrected chi connectivity index (χ1v) is 47.1. The summed E-state index contributed by atoms with van der Waals surface area (Å²) in [6.45, 7) is 14.5. The first-order chi connectivity index (χ1) is 62.2. The van der Waals surface area contributed by atoms with Gasteiger partial charge >= 0.3 is 0 Å². The van der Waals surface area contributed by atoms with Gasteiger partial charge in [-0.3, -0.25) is 19.6 Å². The third-order valence-electron chi connectivity index (χ3n) is 27.2. The smallest absolute Gasteiger partial charge is 0.135 e. The minimum absolute atomic E-state index is 0.186. The number of nitrogens with zero attached hydrogens (tertiary/aromatic N) is 18. The number of likely N-dealkylation sites (tertiary alicyclic amines) is 4. The Bertz CT molecular complexity index is 5420. The molecule has 0 spiro atoms. The average molecular weight is 1830 g/mol. The van der Waals surface area contributed by atoms with Crippen molar-refractivity contribution in [3.05, 3.63) is 257 Å². The third kappa shape index (κ3) is 22.7. The zero-order chi connectivity index (χ0) is 88.3. The first kappa shape index (κ1) is 89.9. The van der Waals surface area contributed by atoms with Gasteiger partial charge in [-0.15, -0.1) is 40.8 Å². The maximum Gasteiger partial charge on any atom is 0.135 e. The number of halogens is 6. The van der Waals surface area contributed by atoms with E-state index in [0.717, 1.165) is 228 Å². The second-order valence-electron chi connectivity index (χ2n) is 35.8. The zero-order valence-electron chi connectivity index (χ0n) is 73.0. The largest absolute Gasteiger partial charge is 0.492 e. The number of rotatable bonds is 12. The molecule has 8 N–H and O–H groups in total. The summed E-state index contributed by atoms with van der Waals surface area (Å²) < 4.78 is 26.4. The van der Waals surface area contributed by atoms with Crippen molar-refractivity contribution in [1.29, 1.82) is 0 Å². The Kier molecular flexibility index (Phi) is 29.4. The van der Waals surface area contributed by atoms with E-state index in [1.165, 1.54) is 56.4 Å². The van der Waals surface area contributed by atoms with Crippen LogP contribution < -0.4 is 42.2 Å². The van der Waals surface area contributed by atoms with Crippen LogP contribution in [0.1, 0.15) is 122 Å². The van der Waals surface area contributed by atoms with E-state index in [4.69, 9.17) is 90.4 Å². The molecule has 128 heavy (non-hydrogen) atoms. The number of hydrogen-bond acceptors (Lipinski definition) is 24. The highest BCUT2D eigenvalue weighted by atomic mass is 35.5. The van der Waals surface area contributed by atoms with Crippen molar-refractivity contribution in [2.24, 2.45) is 63.7 Å². The third-order valence-corrected chi connectivity index (χ3v) is 28.5. The van der Waals surface area contributed by atoms with Crippen molar-refractivity contribution >= 4 is 116 Å². The molecule has 672 valence electrons. The van der Waals surface area contributed by atoms with Gasteiger partial charge in [0.25, 0.3) is 0 Å². The molecular weight excluding hydrogens is 1710 g/mol. The SMILES string of the molecule is CN1C[C@H](Cc2ccc(Cl)cc2)N(C2CCN(C3=NN=C(N)C3)CC2)Cc2cc(Cl)ccc21.CN1C[C@H](Cc2ccc(Cl)cc2)N(C2CCN(C3=NN=C(N)C3)CC2)Cc2ccccc21.NC1=NN=C(N2CCC(N3Cc4cc(F)ccc4OC[C@@H]3Cc3ccc(Cl)cc3)CC2)C1.NC1=NN=C(N2CCC(N3Cc4ccccc4OC[C@@H]3Cc3ccc(Cl)cc3)CC2)C1. The topological polar surface area (TPSA) is 254 Å². The number of piperidine rings is 4. The van der Waals surface area contributed by atoms with Crippen LogP contribution in [-0.2, 0) is 51.9 Å². The van der Waals surface area contributed by atoms with E-state index in [1.54, 1.807) is 12.1 Å². The number of fused-ring (bicyclic) bond motifs is 4. The molecule has 0 unspecified atom stereocenters. The Morgan fingerprint density at radius 2 is 0.625 bits per heavy atom. The number of likely N-dealkylation sites (N-methyl/N-ethyl adjacent to an activating group) is 2. The van der Waals surface area contributed by atoms with Gasteiger partial charge in [-0.05, 0) is 207 Å². The highest BCUT2D eigenvalue weighted by molar-refractivity contribution is 6.32. The van der Waals surface area contributed by atoms with Crippen molar-refractivity contribution in [1.82, 2.24) is 39.2 Å². The van der Waals surface area contributed by atoms with Crippen LogP contribution in [0.25, 0.3) is 0 Å². The van der Waals surface area contributed by atoms with Gasteiger partial charge in [0, 0.05) is 202 Å². The van der Waals surface area contributed by atoms with Crippen molar-refractivity contribution in [2.45, 2.75) is 177 Å². The number of ether oxygens (including phenoxy) is 2. The van der Waals surface area contributed by atoms with Gasteiger partial charge < -0.3 is 61.8 Å². The molecule has 12 aliphatic heterocycles. The Morgan fingerprint density at radius 1 is 0.320 bits per heavy atom. The lowest BCUT2D eigenvalue weighted by molar-refractivity contribution is 0.0670. The highest BCUT2D eigenvalue weighted by Gasteiger charge is 2.41. The van der Waals surface area contributed by atoms with Crippen LogP contribution in [0.4, 0.5) is 15.8 Å². The van der Waals surface area contributed by atoms with Crippen molar-refractivity contribution in [3.63, 3.8) is 0 Å². The number of benzene rings is 8. The van der Waals surface area contributed by atoms with Crippen LogP contribution in [0.3, 0.4) is 0 Å². The summed E-state index contributed by atoms with van der Waals surface area (Å²) in [4.78, 5) is 24.8. The van der Waals surface area contributed by atoms with Crippen molar-refractivity contribution < 1.29 is 13.9 Å². The van der Waals surface area contributed by atoms with E-state index in [0.29, 0.717) is 111 Å². The van der Waals surface area contributed by atoms with Gasteiger partial charge in [-0.2, -0.15) is 0 Å². The predicted molar refractivity (Wildman–Crippen MR) is 519 cm³/mol. The number of hydrogen-bond donors (Lipinski definition) is 4. The normalized spacial score (nSPS) is 22.2. The summed E-state index contributed by atoms with van der Waals surface area (Å²) in [5.74, 6) is 8.00. The molecule has 30 heteroatoms. The Morgan fingerprint density at radius 3 is 1.00 bits per heavy atom. The Balaban J connectivity index is 0.000000120. The van der Waals surface area contributed by atoms with Gasteiger partial charge in [-0.25, -0.2) is 4.39 Å². The fourth-order valence-corrected chi connectivity index (χ4v) is 21.2. The molecule has 8 aromatic carbocycles. The van der Waals surface area contributed by atoms with Crippen molar-refractivity contribution in [3.8, 4) is 11.5 Å². The van der Waals surface area contributed by atoms with Gasteiger partial charge in [0.15, 0.2) is 0 Å².